The van der Waals surface area contributed by atoms with Crippen molar-refractivity contribution in [1.82, 2.24) is 9.38 Å². The van der Waals surface area contributed by atoms with Gasteiger partial charge in [-0.3, -0.25) is 9.20 Å². The van der Waals surface area contributed by atoms with E-state index in [1.165, 1.54) is 0 Å². The summed E-state index contributed by atoms with van der Waals surface area (Å²) in [5.74, 6) is 0.0603. The number of carbonyl (C=O) groups is 1. The molecule has 0 amide bonds. The van der Waals surface area contributed by atoms with E-state index < -0.39 is 5.60 Å². The summed E-state index contributed by atoms with van der Waals surface area (Å²) in [6.07, 6.45) is 4.15. The molecule has 0 aromatic carbocycles. The third-order valence-corrected chi connectivity index (χ3v) is 3.43. The van der Waals surface area contributed by atoms with Crippen molar-refractivity contribution in [3.63, 3.8) is 0 Å². The molecule has 0 aliphatic heterocycles. The first kappa shape index (κ1) is 12.3. The summed E-state index contributed by atoms with van der Waals surface area (Å²) in [5.41, 5.74) is 0.0702. The van der Waals surface area contributed by atoms with Gasteiger partial charge in [0.05, 0.1) is 12.1 Å². The topological polar surface area (TPSA) is 43.6 Å². The van der Waals surface area contributed by atoms with Gasteiger partial charge in [0, 0.05) is 24.4 Å². The molecule has 4 nitrogen and oxygen atoms in total. The molecule has 92 valence electrons. The minimum absolute atomic E-state index is 0.0603. The first-order valence-corrected chi connectivity index (χ1v) is 6.49. The normalized spacial score (nSPS) is 12.2. The number of rotatable bonds is 5. The second-order valence-electron chi connectivity index (χ2n) is 4.37. The van der Waals surface area contributed by atoms with Gasteiger partial charge in [-0.2, -0.15) is 0 Å². The van der Waals surface area contributed by atoms with Crippen LogP contribution < -0.4 is 0 Å². The van der Waals surface area contributed by atoms with Crippen molar-refractivity contribution in [2.45, 2.75) is 32.8 Å². The van der Waals surface area contributed by atoms with E-state index in [2.05, 4.69) is 4.98 Å². The van der Waals surface area contributed by atoms with Crippen LogP contribution in [0.1, 0.15) is 26.5 Å². The van der Waals surface area contributed by atoms with Crippen LogP contribution in [0.25, 0.3) is 4.96 Å². The first-order chi connectivity index (χ1) is 8.03. The number of nitrogens with zero attached hydrogens (tertiary/aromatic N) is 2. The molecular formula is C12H16N2O2S. The van der Waals surface area contributed by atoms with Crippen LogP contribution in [0, 0.1) is 0 Å². The Balaban J connectivity index is 2.11. The van der Waals surface area contributed by atoms with Crippen LogP contribution in [0.4, 0.5) is 0 Å². The molecule has 0 spiro atoms. The van der Waals surface area contributed by atoms with Crippen molar-refractivity contribution < 1.29 is 9.53 Å². The summed E-state index contributed by atoms with van der Waals surface area (Å²) in [6, 6.07) is 0. The molecule has 2 rings (SSSR count). The number of ether oxygens (including phenoxy) is 1. The van der Waals surface area contributed by atoms with Gasteiger partial charge < -0.3 is 4.74 Å². The largest absolute Gasteiger partial charge is 0.368 e. The molecule has 2 heterocycles. The Hall–Kier alpha value is -1.20. The van der Waals surface area contributed by atoms with Crippen molar-refractivity contribution in [3.05, 3.63) is 23.5 Å². The Labute approximate surface area is 104 Å². The fourth-order valence-electron chi connectivity index (χ4n) is 1.68. The highest BCUT2D eigenvalue weighted by molar-refractivity contribution is 7.15. The zero-order valence-corrected chi connectivity index (χ0v) is 11.1. The van der Waals surface area contributed by atoms with Gasteiger partial charge in [0.2, 0.25) is 0 Å². The Kier molecular flexibility index (Phi) is 3.31. The lowest BCUT2D eigenvalue weighted by atomic mass is 9.99. The maximum Gasteiger partial charge on any atom is 0.193 e. The van der Waals surface area contributed by atoms with Gasteiger partial charge in [-0.25, -0.2) is 4.98 Å². The van der Waals surface area contributed by atoms with Crippen LogP contribution in [0.2, 0.25) is 0 Å². The molecular weight excluding hydrogens is 236 g/mol. The van der Waals surface area contributed by atoms with Gasteiger partial charge in [0.15, 0.2) is 10.7 Å². The Morgan fingerprint density at radius 2 is 2.35 bits per heavy atom. The average molecular weight is 252 g/mol. The summed E-state index contributed by atoms with van der Waals surface area (Å²) >= 11 is 1.56. The zero-order valence-electron chi connectivity index (χ0n) is 10.3. The fraction of sp³-hybridized carbons (Fsp3) is 0.500. The van der Waals surface area contributed by atoms with Gasteiger partial charge in [-0.1, -0.05) is 0 Å². The molecule has 0 atom stereocenters. The summed E-state index contributed by atoms with van der Waals surface area (Å²) in [6.45, 7) is 6.03. The number of thiazole rings is 1. The van der Waals surface area contributed by atoms with E-state index in [9.17, 15) is 4.79 Å². The van der Waals surface area contributed by atoms with Crippen LogP contribution in [-0.2, 0) is 16.0 Å². The van der Waals surface area contributed by atoms with Crippen LogP contribution in [0.5, 0.6) is 0 Å². The Morgan fingerprint density at radius 1 is 1.59 bits per heavy atom. The van der Waals surface area contributed by atoms with Crippen molar-refractivity contribution in [2.24, 2.45) is 0 Å². The molecule has 0 fully saturated rings. The quantitative estimate of drug-likeness (QED) is 0.820. The molecule has 0 N–H and O–H groups in total. The zero-order chi connectivity index (χ0) is 12.5. The third kappa shape index (κ3) is 2.56. The van der Waals surface area contributed by atoms with E-state index >= 15 is 0 Å². The van der Waals surface area contributed by atoms with Gasteiger partial charge in [-0.05, 0) is 20.8 Å². The number of imidazole rings is 1. The second kappa shape index (κ2) is 4.58. The van der Waals surface area contributed by atoms with Crippen LogP contribution in [0.15, 0.2) is 17.8 Å². The SMILES string of the molecule is CCOC(C)(C)C(=O)Cc1cn2ccsc2n1. The Bertz CT molecular complexity index is 499. The molecule has 17 heavy (non-hydrogen) atoms. The van der Waals surface area contributed by atoms with Crippen LogP contribution in [-0.4, -0.2) is 27.4 Å². The summed E-state index contributed by atoms with van der Waals surface area (Å²) in [4.78, 5) is 17.4. The van der Waals surface area contributed by atoms with Crippen molar-refractivity contribution in [1.29, 1.82) is 0 Å². The number of hydrogen-bond donors (Lipinski definition) is 0. The van der Waals surface area contributed by atoms with Crippen LogP contribution >= 0.6 is 11.3 Å². The molecule has 0 bridgehead atoms. The summed E-state index contributed by atoms with van der Waals surface area (Å²) in [5, 5.41) is 1.97. The van der Waals surface area contributed by atoms with E-state index in [0.29, 0.717) is 13.0 Å². The molecule has 0 saturated carbocycles. The fourth-order valence-corrected chi connectivity index (χ4v) is 2.40. The van der Waals surface area contributed by atoms with Crippen molar-refractivity contribution >= 4 is 22.1 Å². The highest BCUT2D eigenvalue weighted by Crippen LogP contribution is 2.16. The molecule has 0 radical (unpaired) electrons. The monoisotopic (exact) mass is 252 g/mol. The van der Waals surface area contributed by atoms with Gasteiger partial charge in [0.1, 0.15) is 5.60 Å². The summed E-state index contributed by atoms with van der Waals surface area (Å²) in [7, 11) is 0. The number of hydrogen-bond acceptors (Lipinski definition) is 4. The number of carbonyl (C=O) groups excluding carboxylic acids is 1. The molecule has 2 aromatic heterocycles. The smallest absolute Gasteiger partial charge is 0.193 e. The van der Waals surface area contributed by atoms with Gasteiger partial charge in [-0.15, -0.1) is 11.3 Å². The lowest BCUT2D eigenvalue weighted by molar-refractivity contribution is -0.139. The number of fused-ring (bicyclic) bond motifs is 1. The molecule has 0 aliphatic carbocycles. The highest BCUT2D eigenvalue weighted by atomic mass is 32.1. The lowest BCUT2D eigenvalue weighted by Crippen LogP contribution is -2.36. The van der Waals surface area contributed by atoms with Crippen molar-refractivity contribution in [2.75, 3.05) is 6.61 Å². The van der Waals surface area contributed by atoms with Gasteiger partial charge >= 0.3 is 0 Å². The minimum atomic E-state index is -0.730. The summed E-state index contributed by atoms with van der Waals surface area (Å²) < 4.78 is 7.37. The highest BCUT2D eigenvalue weighted by Gasteiger charge is 2.28. The molecule has 2 aromatic rings. The number of ketones is 1. The third-order valence-electron chi connectivity index (χ3n) is 2.66. The van der Waals surface area contributed by atoms with Crippen molar-refractivity contribution in [3.8, 4) is 0 Å². The number of Topliss-reactive ketones (excluding diaryl/α,β-unsaturated/α-hetero) is 1. The Morgan fingerprint density at radius 3 is 3.00 bits per heavy atom. The van der Waals surface area contributed by atoms with E-state index in [-0.39, 0.29) is 5.78 Å². The van der Waals surface area contributed by atoms with E-state index in [1.54, 1.807) is 25.2 Å². The first-order valence-electron chi connectivity index (χ1n) is 5.61. The maximum absolute atomic E-state index is 12.1. The lowest BCUT2D eigenvalue weighted by Gasteiger charge is -2.22. The van der Waals surface area contributed by atoms with E-state index in [0.717, 1.165) is 10.7 Å². The maximum atomic E-state index is 12.1. The second-order valence-corrected chi connectivity index (χ2v) is 5.24. The van der Waals surface area contributed by atoms with Crippen LogP contribution in [0.3, 0.4) is 0 Å². The molecule has 0 unspecified atom stereocenters. The van der Waals surface area contributed by atoms with E-state index in [4.69, 9.17) is 4.74 Å². The number of aromatic nitrogens is 2. The van der Waals surface area contributed by atoms with Gasteiger partial charge in [0.25, 0.3) is 0 Å². The molecule has 5 heteroatoms. The average Bonchev–Trinajstić information content (AvgIpc) is 2.77. The molecule has 0 aliphatic rings. The van der Waals surface area contributed by atoms with E-state index in [1.807, 2.05) is 29.1 Å². The standard InChI is InChI=1S/C12H16N2O2S/c1-4-16-12(2,3)10(15)7-9-8-14-5-6-17-11(14)13-9/h5-6,8H,4,7H2,1-3H3. The predicted octanol–water partition coefficient (Wildman–Crippen LogP) is 2.32. The minimum Gasteiger partial charge on any atom is -0.368 e. The molecule has 0 saturated heterocycles. The predicted molar refractivity (Wildman–Crippen MR) is 67.5 cm³/mol.